The van der Waals surface area contributed by atoms with E-state index in [1.807, 2.05) is 103 Å². The second-order valence-electron chi connectivity index (χ2n) is 9.72. The second kappa shape index (κ2) is 12.7. The van der Waals surface area contributed by atoms with Crippen molar-refractivity contribution in [1.29, 1.82) is 0 Å². The van der Waals surface area contributed by atoms with E-state index in [4.69, 9.17) is 16.7 Å². The zero-order valence-corrected chi connectivity index (χ0v) is 25.4. The molecule has 0 saturated carbocycles. The van der Waals surface area contributed by atoms with Gasteiger partial charge < -0.3 is 4.90 Å². The molecule has 6 rings (SSSR count). The van der Waals surface area contributed by atoms with Crippen LogP contribution in [-0.4, -0.2) is 17.3 Å². The van der Waals surface area contributed by atoms with Crippen LogP contribution in [0.3, 0.4) is 0 Å². The molecule has 0 fully saturated rings. The highest BCUT2D eigenvalue weighted by molar-refractivity contribution is 14.1. The predicted octanol–water partition coefficient (Wildman–Crippen LogP) is 8.97. The van der Waals surface area contributed by atoms with E-state index in [1.54, 1.807) is 17.0 Å². The number of benzene rings is 5. The van der Waals surface area contributed by atoms with Crippen LogP contribution >= 0.6 is 34.2 Å². The van der Waals surface area contributed by atoms with Crippen molar-refractivity contribution >= 4 is 62.8 Å². The molecule has 1 heterocycles. The summed E-state index contributed by atoms with van der Waals surface area (Å²) >= 11 is 8.76. The fraction of sp³-hybridized carbons (Fsp3) is 0.0278. The zero-order valence-electron chi connectivity index (χ0n) is 22.5. The van der Waals surface area contributed by atoms with Crippen molar-refractivity contribution in [2.75, 3.05) is 4.90 Å². The van der Waals surface area contributed by atoms with Gasteiger partial charge in [-0.25, -0.2) is 0 Å². The van der Waals surface area contributed by atoms with Gasteiger partial charge in [0, 0.05) is 25.3 Å². The number of allylic oxidation sites excluding steroid dienone is 1. The third kappa shape index (κ3) is 5.84. The van der Waals surface area contributed by atoms with Gasteiger partial charge in [-0.2, -0.15) is 0 Å². The Morgan fingerprint density at radius 3 is 1.79 bits per heavy atom. The van der Waals surface area contributed by atoms with E-state index in [9.17, 15) is 4.79 Å². The summed E-state index contributed by atoms with van der Waals surface area (Å²) in [6.45, 7) is 0.423. The third-order valence-electron chi connectivity index (χ3n) is 6.99. The molecule has 42 heavy (non-hydrogen) atoms. The molecule has 0 radical (unpaired) electrons. The number of hydrogen-bond acceptors (Lipinski definition) is 3. The average molecular weight is 678 g/mol. The molecule has 0 bridgehead atoms. The van der Waals surface area contributed by atoms with Gasteiger partial charge in [-0.15, -0.1) is 10.2 Å². The number of nitrogens with zero attached hydrogens (tertiary/aromatic N) is 3. The molecule has 204 valence electrons. The third-order valence-corrected chi connectivity index (χ3v) is 8.27. The molecule has 5 aromatic carbocycles. The lowest BCUT2D eigenvalue weighted by Gasteiger charge is -2.16. The Hall–Kier alpha value is -4.33. The lowest BCUT2D eigenvalue weighted by atomic mass is 9.95. The molecule has 0 aliphatic carbocycles. The van der Waals surface area contributed by atoms with Gasteiger partial charge in [0.15, 0.2) is 5.71 Å². The Balaban J connectivity index is 1.52. The van der Waals surface area contributed by atoms with E-state index in [0.29, 0.717) is 22.8 Å². The minimum atomic E-state index is -0.211. The standard InChI is InChI=1S/C36H25ClIN3O/c37-29-21-22-31-30(23-29)35(36(42)41(31)24-25-13-5-1-6-14-25)40-39-34(28-19-11-4-12-20-28)33(38)32(26-15-7-2-8-16-26)27-17-9-3-10-18-27/h1-23H,24H2/b39-34+,40-35-. The first-order valence-corrected chi connectivity index (χ1v) is 14.9. The van der Waals surface area contributed by atoms with E-state index >= 15 is 0 Å². The maximum atomic E-state index is 13.8. The molecular formula is C36H25ClIN3O. The maximum Gasteiger partial charge on any atom is 0.279 e. The molecule has 5 aromatic rings. The van der Waals surface area contributed by atoms with Crippen LogP contribution in [0.1, 0.15) is 27.8 Å². The van der Waals surface area contributed by atoms with Crippen LogP contribution in [0.5, 0.6) is 0 Å². The summed E-state index contributed by atoms with van der Waals surface area (Å²) in [4.78, 5) is 15.6. The highest BCUT2D eigenvalue weighted by Gasteiger charge is 2.34. The van der Waals surface area contributed by atoms with Crippen molar-refractivity contribution < 1.29 is 4.79 Å². The zero-order chi connectivity index (χ0) is 28.9. The molecule has 6 heteroatoms. The van der Waals surface area contributed by atoms with Crippen LogP contribution in [0.2, 0.25) is 5.02 Å². The summed E-state index contributed by atoms with van der Waals surface area (Å²) in [5.41, 5.74) is 7.45. The van der Waals surface area contributed by atoms with Crippen LogP contribution in [0.25, 0.3) is 5.57 Å². The lowest BCUT2D eigenvalue weighted by molar-refractivity contribution is -0.112. The Morgan fingerprint density at radius 1 is 0.690 bits per heavy atom. The molecule has 1 aliphatic heterocycles. The average Bonchev–Trinajstić information content (AvgIpc) is 3.28. The van der Waals surface area contributed by atoms with Gasteiger partial charge in [0.25, 0.3) is 5.91 Å². The number of fused-ring (bicyclic) bond motifs is 1. The van der Waals surface area contributed by atoms with Crippen LogP contribution < -0.4 is 4.90 Å². The van der Waals surface area contributed by atoms with E-state index in [1.165, 1.54) is 0 Å². The van der Waals surface area contributed by atoms with E-state index in [0.717, 1.165) is 37.1 Å². The summed E-state index contributed by atoms with van der Waals surface area (Å²) in [5.74, 6) is -0.211. The molecule has 1 amide bonds. The van der Waals surface area contributed by atoms with Gasteiger partial charge in [0.05, 0.1) is 12.2 Å². The number of amides is 1. The number of carbonyl (C=O) groups is 1. The Morgan fingerprint density at radius 2 is 1.21 bits per heavy atom. The molecular weight excluding hydrogens is 653 g/mol. The van der Waals surface area contributed by atoms with Crippen LogP contribution in [0.15, 0.2) is 153 Å². The first kappa shape index (κ1) is 27.8. The summed E-state index contributed by atoms with van der Waals surface area (Å²) < 4.78 is 0.915. The minimum Gasteiger partial charge on any atom is -0.302 e. The van der Waals surface area contributed by atoms with Crippen LogP contribution in [0, 0.1) is 0 Å². The molecule has 4 nitrogen and oxygen atoms in total. The molecule has 0 aromatic heterocycles. The van der Waals surface area contributed by atoms with E-state index < -0.39 is 0 Å². The molecule has 0 spiro atoms. The van der Waals surface area contributed by atoms with Gasteiger partial charge in [0.2, 0.25) is 0 Å². The van der Waals surface area contributed by atoms with Crippen molar-refractivity contribution in [2.45, 2.75) is 6.54 Å². The summed E-state index contributed by atoms with van der Waals surface area (Å²) in [5, 5.41) is 10.0. The van der Waals surface area contributed by atoms with Crippen molar-refractivity contribution in [3.63, 3.8) is 0 Å². The highest BCUT2D eigenvalue weighted by Crippen LogP contribution is 2.35. The first-order valence-electron chi connectivity index (χ1n) is 13.5. The van der Waals surface area contributed by atoms with Crippen LogP contribution in [0.4, 0.5) is 5.69 Å². The lowest BCUT2D eigenvalue weighted by Crippen LogP contribution is -2.29. The monoisotopic (exact) mass is 677 g/mol. The van der Waals surface area contributed by atoms with Crippen molar-refractivity contribution in [2.24, 2.45) is 10.2 Å². The molecule has 0 saturated heterocycles. The largest absolute Gasteiger partial charge is 0.302 e. The number of halogens is 2. The normalized spacial score (nSPS) is 13.8. The van der Waals surface area contributed by atoms with Crippen LogP contribution in [-0.2, 0) is 11.3 Å². The number of hydrogen-bond donors (Lipinski definition) is 0. The highest BCUT2D eigenvalue weighted by atomic mass is 127. The number of carbonyl (C=O) groups excluding carboxylic acids is 1. The summed E-state index contributed by atoms with van der Waals surface area (Å²) in [6.07, 6.45) is 0. The molecule has 0 atom stereocenters. The van der Waals surface area contributed by atoms with Gasteiger partial charge in [-0.1, -0.05) is 133 Å². The SMILES string of the molecule is O=C1/C(=N\N=C(\C(I)=C(c2ccccc2)c2ccccc2)c2ccccc2)c2cc(Cl)ccc2N1Cc1ccccc1. The fourth-order valence-corrected chi connectivity index (χ4v) is 6.19. The summed E-state index contributed by atoms with van der Waals surface area (Å²) in [7, 11) is 0. The van der Waals surface area contributed by atoms with Crippen molar-refractivity contribution in [3.8, 4) is 0 Å². The first-order chi connectivity index (χ1) is 20.6. The second-order valence-corrected chi connectivity index (χ2v) is 11.2. The van der Waals surface area contributed by atoms with Crippen molar-refractivity contribution in [3.05, 3.63) is 176 Å². The van der Waals surface area contributed by atoms with Gasteiger partial charge in [0.1, 0.15) is 5.71 Å². The summed E-state index contributed by atoms with van der Waals surface area (Å²) in [6, 6.07) is 45.8. The Labute approximate surface area is 263 Å². The van der Waals surface area contributed by atoms with Gasteiger partial charge in [-0.3, -0.25) is 4.79 Å². The van der Waals surface area contributed by atoms with E-state index in [2.05, 4.69) is 52.0 Å². The van der Waals surface area contributed by atoms with Gasteiger partial charge in [-0.05, 0) is 57.5 Å². The predicted molar refractivity (Wildman–Crippen MR) is 182 cm³/mol. The quantitative estimate of drug-likeness (QED) is 0.0964. The Kier molecular flexibility index (Phi) is 8.40. The van der Waals surface area contributed by atoms with E-state index in [-0.39, 0.29) is 11.6 Å². The topological polar surface area (TPSA) is 45.0 Å². The number of rotatable bonds is 7. The molecule has 0 N–H and O–H groups in total. The maximum absolute atomic E-state index is 13.8. The molecule has 1 aliphatic rings. The Bertz CT molecular complexity index is 1780. The number of anilines is 1. The smallest absolute Gasteiger partial charge is 0.279 e. The molecule has 0 unspecified atom stereocenters. The fourth-order valence-electron chi connectivity index (χ4n) is 4.98. The van der Waals surface area contributed by atoms with Gasteiger partial charge >= 0.3 is 0 Å². The minimum absolute atomic E-state index is 0.211. The van der Waals surface area contributed by atoms with Crippen molar-refractivity contribution in [1.82, 2.24) is 0 Å².